The molecule has 2 N–H and O–H groups in total. The largest absolute Gasteiger partial charge is 0.325 e. The Kier molecular flexibility index (Phi) is 3.52. The molecule has 0 saturated heterocycles. The molecule has 0 fully saturated rings. The summed E-state index contributed by atoms with van der Waals surface area (Å²) in [4.78, 5) is 4.19. The average Bonchev–Trinajstić information content (AvgIpc) is 2.46. The minimum atomic E-state index is 0. The minimum absolute atomic E-state index is 0. The van der Waals surface area contributed by atoms with Crippen molar-refractivity contribution >= 4 is 40.5 Å². The monoisotopic (exact) mass is 309 g/mol. The van der Waals surface area contributed by atoms with Gasteiger partial charge in [-0.2, -0.15) is 0 Å². The molecule has 5 heteroatoms. The molecule has 0 amide bonds. The van der Waals surface area contributed by atoms with E-state index in [1.807, 2.05) is 16.7 Å². The summed E-state index contributed by atoms with van der Waals surface area (Å²) >= 11 is 2.28. The second kappa shape index (κ2) is 4.26. The number of fused-ring (bicyclic) bond motifs is 1. The Bertz CT molecular complexity index is 413. The van der Waals surface area contributed by atoms with Crippen molar-refractivity contribution in [2.24, 2.45) is 5.73 Å². The topological polar surface area (TPSA) is 43.3 Å². The predicted octanol–water partition coefficient (Wildman–Crippen LogP) is 1.82. The quantitative estimate of drug-likeness (QED) is 0.817. The number of imidazole rings is 1. The number of aromatic nitrogens is 2. The molecule has 3 nitrogen and oxygen atoms in total. The molecule has 0 unspecified atom stereocenters. The van der Waals surface area contributed by atoms with E-state index in [4.69, 9.17) is 5.73 Å². The molecule has 2 aromatic heterocycles. The molecule has 0 aliphatic carbocycles. The Hall–Kier alpha value is -0.330. The number of nitrogens with zero attached hydrogens (tertiary/aromatic N) is 2. The van der Waals surface area contributed by atoms with Crippen LogP contribution in [0.5, 0.6) is 0 Å². The van der Waals surface area contributed by atoms with Crippen LogP contribution in [0.2, 0.25) is 0 Å². The summed E-state index contributed by atoms with van der Waals surface area (Å²) in [5.74, 6) is 0. The first-order valence-corrected chi connectivity index (χ1v) is 4.70. The van der Waals surface area contributed by atoms with Crippen molar-refractivity contribution in [2.45, 2.75) is 6.54 Å². The molecular weight excluding hydrogens is 300 g/mol. The van der Waals surface area contributed by atoms with Gasteiger partial charge in [0.25, 0.3) is 0 Å². The highest BCUT2D eigenvalue weighted by atomic mass is 127. The molecule has 0 aromatic carbocycles. The molecule has 0 bridgehead atoms. The number of pyridine rings is 1. The van der Waals surface area contributed by atoms with E-state index in [0.717, 1.165) is 11.2 Å². The summed E-state index contributed by atoms with van der Waals surface area (Å²) in [6.07, 6.45) is 3.77. The first-order chi connectivity index (χ1) is 5.81. The van der Waals surface area contributed by atoms with Gasteiger partial charge >= 0.3 is 0 Å². The SMILES string of the molecule is Cl.NCc1ncn2ccc(I)cc12. The predicted molar refractivity (Wildman–Crippen MR) is 63.0 cm³/mol. The summed E-state index contributed by atoms with van der Waals surface area (Å²) in [6, 6.07) is 4.12. The molecule has 2 rings (SSSR count). The molecule has 0 radical (unpaired) electrons. The fraction of sp³-hybridized carbons (Fsp3) is 0.125. The van der Waals surface area contributed by atoms with E-state index < -0.39 is 0 Å². The lowest BCUT2D eigenvalue weighted by atomic mass is 10.3. The number of nitrogens with two attached hydrogens (primary N) is 1. The van der Waals surface area contributed by atoms with E-state index in [1.54, 1.807) is 6.33 Å². The standard InChI is InChI=1S/C8H8IN3.ClH/c9-6-1-2-12-5-11-7(4-10)8(12)3-6;/h1-3,5H,4,10H2;1H. The van der Waals surface area contributed by atoms with Crippen LogP contribution >= 0.6 is 35.0 Å². The van der Waals surface area contributed by atoms with E-state index in [9.17, 15) is 0 Å². The lowest BCUT2D eigenvalue weighted by Crippen LogP contribution is -1.97. The first kappa shape index (κ1) is 10.7. The van der Waals surface area contributed by atoms with Crippen LogP contribution in [0.4, 0.5) is 0 Å². The average molecular weight is 310 g/mol. The molecule has 0 aliphatic heterocycles. The van der Waals surface area contributed by atoms with Gasteiger partial charge in [-0.15, -0.1) is 12.4 Å². The van der Waals surface area contributed by atoms with Crippen molar-refractivity contribution in [3.05, 3.63) is 33.9 Å². The van der Waals surface area contributed by atoms with E-state index in [-0.39, 0.29) is 12.4 Å². The molecule has 70 valence electrons. The number of hydrogen-bond acceptors (Lipinski definition) is 2. The Balaban J connectivity index is 0.000000845. The third-order valence-electron chi connectivity index (χ3n) is 1.77. The molecule has 0 atom stereocenters. The van der Waals surface area contributed by atoms with Crippen LogP contribution in [0.15, 0.2) is 24.7 Å². The van der Waals surface area contributed by atoms with Gasteiger partial charge in [0.05, 0.1) is 17.5 Å². The Morgan fingerprint density at radius 3 is 3.00 bits per heavy atom. The summed E-state index contributed by atoms with van der Waals surface area (Å²) in [7, 11) is 0. The maximum atomic E-state index is 5.53. The third kappa shape index (κ3) is 1.95. The van der Waals surface area contributed by atoms with Crippen LogP contribution in [0.1, 0.15) is 5.69 Å². The van der Waals surface area contributed by atoms with Crippen LogP contribution in [0.25, 0.3) is 5.52 Å². The molecule has 2 heterocycles. The highest BCUT2D eigenvalue weighted by Crippen LogP contribution is 2.12. The van der Waals surface area contributed by atoms with E-state index in [1.165, 1.54) is 3.57 Å². The van der Waals surface area contributed by atoms with Gasteiger partial charge < -0.3 is 10.1 Å². The first-order valence-electron chi connectivity index (χ1n) is 3.62. The van der Waals surface area contributed by atoms with Crippen molar-refractivity contribution in [3.8, 4) is 0 Å². The van der Waals surface area contributed by atoms with E-state index in [2.05, 4.69) is 33.6 Å². The second-order valence-corrected chi connectivity index (χ2v) is 3.78. The van der Waals surface area contributed by atoms with Crippen LogP contribution in [-0.2, 0) is 6.54 Å². The number of hydrogen-bond donors (Lipinski definition) is 1. The molecule has 2 aromatic rings. The number of rotatable bonds is 1. The second-order valence-electron chi connectivity index (χ2n) is 2.53. The maximum absolute atomic E-state index is 5.53. The third-order valence-corrected chi connectivity index (χ3v) is 2.45. The van der Waals surface area contributed by atoms with Gasteiger partial charge in [0.2, 0.25) is 0 Å². The fourth-order valence-electron chi connectivity index (χ4n) is 1.17. The Labute approximate surface area is 95.9 Å². The minimum Gasteiger partial charge on any atom is -0.325 e. The fourth-order valence-corrected chi connectivity index (χ4v) is 1.63. The van der Waals surface area contributed by atoms with Gasteiger partial charge in [-0.1, -0.05) is 0 Å². The van der Waals surface area contributed by atoms with Crippen LogP contribution in [-0.4, -0.2) is 9.38 Å². The smallest absolute Gasteiger partial charge is 0.0996 e. The van der Waals surface area contributed by atoms with Gasteiger partial charge in [-0.3, -0.25) is 0 Å². The van der Waals surface area contributed by atoms with Crippen LogP contribution < -0.4 is 5.73 Å². The van der Waals surface area contributed by atoms with Crippen molar-refractivity contribution in [1.29, 1.82) is 0 Å². The normalized spacial score (nSPS) is 10.0. The summed E-state index contributed by atoms with van der Waals surface area (Å²) in [5.41, 5.74) is 7.59. The maximum Gasteiger partial charge on any atom is 0.0996 e. The van der Waals surface area contributed by atoms with Gasteiger partial charge in [0.1, 0.15) is 0 Å². The van der Waals surface area contributed by atoms with Gasteiger partial charge in [0, 0.05) is 16.3 Å². The zero-order valence-corrected chi connectivity index (χ0v) is 9.75. The molecule has 0 aliphatic rings. The van der Waals surface area contributed by atoms with Crippen LogP contribution in [0, 0.1) is 3.57 Å². The van der Waals surface area contributed by atoms with Crippen molar-refractivity contribution in [3.63, 3.8) is 0 Å². The zero-order chi connectivity index (χ0) is 8.55. The molecule has 13 heavy (non-hydrogen) atoms. The molecule has 0 spiro atoms. The van der Waals surface area contributed by atoms with Crippen molar-refractivity contribution in [1.82, 2.24) is 9.38 Å². The highest BCUT2D eigenvalue weighted by Gasteiger charge is 2.01. The van der Waals surface area contributed by atoms with E-state index in [0.29, 0.717) is 6.54 Å². The lowest BCUT2D eigenvalue weighted by molar-refractivity contribution is 1.02. The van der Waals surface area contributed by atoms with Crippen LogP contribution in [0.3, 0.4) is 0 Å². The Morgan fingerprint density at radius 1 is 1.54 bits per heavy atom. The lowest BCUT2D eigenvalue weighted by Gasteiger charge is -1.95. The van der Waals surface area contributed by atoms with Gasteiger partial charge in [-0.25, -0.2) is 4.98 Å². The van der Waals surface area contributed by atoms with Crippen molar-refractivity contribution in [2.75, 3.05) is 0 Å². The molecular formula is C8H9ClIN3. The summed E-state index contributed by atoms with van der Waals surface area (Å²) in [6.45, 7) is 0.497. The molecule has 0 saturated carbocycles. The van der Waals surface area contributed by atoms with E-state index >= 15 is 0 Å². The number of halogens is 2. The summed E-state index contributed by atoms with van der Waals surface area (Å²) in [5, 5.41) is 0. The van der Waals surface area contributed by atoms with Gasteiger partial charge in [-0.05, 0) is 34.7 Å². The van der Waals surface area contributed by atoms with Gasteiger partial charge in [0.15, 0.2) is 0 Å². The summed E-state index contributed by atoms with van der Waals surface area (Å²) < 4.78 is 3.18. The van der Waals surface area contributed by atoms with Crippen molar-refractivity contribution < 1.29 is 0 Å². The zero-order valence-electron chi connectivity index (χ0n) is 6.77. The highest BCUT2D eigenvalue weighted by molar-refractivity contribution is 14.1. The Morgan fingerprint density at radius 2 is 2.31 bits per heavy atom.